The first-order valence-electron chi connectivity index (χ1n) is 10.2. The summed E-state index contributed by atoms with van der Waals surface area (Å²) in [6.45, 7) is 14.9. The number of allylic oxidation sites excluding steroid dienone is 3. The van der Waals surface area contributed by atoms with Gasteiger partial charge in [0.2, 0.25) is 5.95 Å². The van der Waals surface area contributed by atoms with Crippen LogP contribution in [0.5, 0.6) is 5.75 Å². The van der Waals surface area contributed by atoms with Crippen molar-refractivity contribution in [3.63, 3.8) is 0 Å². The van der Waals surface area contributed by atoms with Gasteiger partial charge in [0, 0.05) is 26.2 Å². The standard InChI is InChI=1S/C22H34N4O3/c1-7-17(2)8-9-18(3)16-28-19-14-23-20(24-15-19)25-10-12-26(13-11-25)21(27)29-22(4,5)6/h8-9,14-15H,7,10-13,16H2,1-6H3/b17-8+,18-9+. The van der Waals surface area contributed by atoms with Crippen LogP contribution in [0.4, 0.5) is 10.7 Å². The molecule has 1 aromatic rings. The number of aromatic nitrogens is 2. The Bertz CT molecular complexity index is 727. The molecule has 1 fully saturated rings. The zero-order chi connectivity index (χ0) is 21.4. The number of hydrogen-bond acceptors (Lipinski definition) is 6. The molecule has 0 unspecified atom stereocenters. The van der Waals surface area contributed by atoms with Crippen LogP contribution in [-0.2, 0) is 4.74 Å². The second-order valence-corrected chi connectivity index (χ2v) is 8.34. The fourth-order valence-corrected chi connectivity index (χ4v) is 2.61. The molecule has 0 spiro atoms. The molecule has 1 saturated heterocycles. The van der Waals surface area contributed by atoms with Crippen LogP contribution in [0.25, 0.3) is 0 Å². The summed E-state index contributed by atoms with van der Waals surface area (Å²) in [6.07, 6.45) is 8.37. The Morgan fingerprint density at radius 3 is 2.21 bits per heavy atom. The average molecular weight is 403 g/mol. The molecule has 2 rings (SSSR count). The van der Waals surface area contributed by atoms with E-state index in [0.29, 0.717) is 44.5 Å². The molecule has 0 atom stereocenters. The van der Waals surface area contributed by atoms with E-state index in [1.165, 1.54) is 5.57 Å². The molecule has 1 aliphatic heterocycles. The minimum Gasteiger partial charge on any atom is -0.486 e. The Balaban J connectivity index is 1.83. The summed E-state index contributed by atoms with van der Waals surface area (Å²) in [4.78, 5) is 24.8. The van der Waals surface area contributed by atoms with E-state index in [9.17, 15) is 4.79 Å². The molecule has 7 nitrogen and oxygen atoms in total. The van der Waals surface area contributed by atoms with Gasteiger partial charge in [-0.25, -0.2) is 14.8 Å². The van der Waals surface area contributed by atoms with E-state index >= 15 is 0 Å². The number of carbonyl (C=O) groups is 1. The number of anilines is 1. The van der Waals surface area contributed by atoms with Crippen molar-refractivity contribution in [2.45, 2.75) is 53.6 Å². The zero-order valence-electron chi connectivity index (χ0n) is 18.6. The van der Waals surface area contributed by atoms with Crippen LogP contribution in [0.15, 0.2) is 35.7 Å². The van der Waals surface area contributed by atoms with Gasteiger partial charge in [0.05, 0.1) is 12.4 Å². The first kappa shape index (κ1) is 22.7. The van der Waals surface area contributed by atoms with Crippen LogP contribution in [0.2, 0.25) is 0 Å². The molecule has 0 bridgehead atoms. The number of rotatable bonds is 6. The summed E-state index contributed by atoms with van der Waals surface area (Å²) in [5.74, 6) is 1.29. The van der Waals surface area contributed by atoms with Gasteiger partial charge in [-0.1, -0.05) is 24.6 Å². The van der Waals surface area contributed by atoms with Gasteiger partial charge in [-0.3, -0.25) is 0 Å². The van der Waals surface area contributed by atoms with Crippen molar-refractivity contribution in [2.75, 3.05) is 37.7 Å². The van der Waals surface area contributed by atoms with E-state index in [4.69, 9.17) is 9.47 Å². The smallest absolute Gasteiger partial charge is 0.410 e. The van der Waals surface area contributed by atoms with Gasteiger partial charge >= 0.3 is 6.09 Å². The van der Waals surface area contributed by atoms with Gasteiger partial charge in [-0.15, -0.1) is 0 Å². The van der Waals surface area contributed by atoms with Crippen molar-refractivity contribution in [1.29, 1.82) is 0 Å². The number of ether oxygens (including phenoxy) is 2. The molecule has 1 aromatic heterocycles. The Morgan fingerprint density at radius 2 is 1.66 bits per heavy atom. The predicted molar refractivity (Wildman–Crippen MR) is 115 cm³/mol. The maximum Gasteiger partial charge on any atom is 0.410 e. The fraction of sp³-hybridized carbons (Fsp3) is 0.591. The lowest BCUT2D eigenvalue weighted by Gasteiger charge is -2.35. The van der Waals surface area contributed by atoms with Crippen molar-refractivity contribution in [2.24, 2.45) is 0 Å². The summed E-state index contributed by atoms with van der Waals surface area (Å²) in [5.41, 5.74) is 2.00. The monoisotopic (exact) mass is 402 g/mol. The summed E-state index contributed by atoms with van der Waals surface area (Å²) < 4.78 is 11.2. The number of hydrogen-bond donors (Lipinski definition) is 0. The topological polar surface area (TPSA) is 67.8 Å². The lowest BCUT2D eigenvalue weighted by molar-refractivity contribution is 0.0240. The number of carbonyl (C=O) groups excluding carboxylic acids is 1. The van der Waals surface area contributed by atoms with E-state index in [0.717, 1.165) is 12.0 Å². The van der Waals surface area contributed by atoms with Gasteiger partial charge in [-0.2, -0.15) is 0 Å². The highest BCUT2D eigenvalue weighted by atomic mass is 16.6. The predicted octanol–water partition coefficient (Wildman–Crippen LogP) is 4.22. The van der Waals surface area contributed by atoms with E-state index in [1.807, 2.05) is 27.7 Å². The molecule has 1 aliphatic rings. The van der Waals surface area contributed by atoms with Crippen LogP contribution in [0, 0.1) is 0 Å². The Labute approximate surface area is 174 Å². The van der Waals surface area contributed by atoms with Gasteiger partial charge in [0.15, 0.2) is 5.75 Å². The van der Waals surface area contributed by atoms with Gasteiger partial charge in [-0.05, 0) is 46.6 Å². The minimum absolute atomic E-state index is 0.269. The van der Waals surface area contributed by atoms with Crippen molar-refractivity contribution in [3.05, 3.63) is 35.7 Å². The third-order valence-corrected chi connectivity index (χ3v) is 4.51. The lowest BCUT2D eigenvalue weighted by Crippen LogP contribution is -2.50. The summed E-state index contributed by atoms with van der Waals surface area (Å²) in [6, 6.07) is 0. The zero-order valence-corrected chi connectivity index (χ0v) is 18.6. The second kappa shape index (κ2) is 10.3. The molecule has 1 amide bonds. The second-order valence-electron chi connectivity index (χ2n) is 8.34. The highest BCUT2D eigenvalue weighted by Gasteiger charge is 2.26. The maximum absolute atomic E-state index is 12.2. The Hall–Kier alpha value is -2.57. The van der Waals surface area contributed by atoms with Crippen LogP contribution in [0.3, 0.4) is 0 Å². The highest BCUT2D eigenvalue weighted by molar-refractivity contribution is 5.68. The third kappa shape index (κ3) is 7.75. The molecule has 29 heavy (non-hydrogen) atoms. The lowest BCUT2D eigenvalue weighted by atomic mass is 10.2. The van der Waals surface area contributed by atoms with E-state index in [1.54, 1.807) is 17.3 Å². The first-order chi connectivity index (χ1) is 13.7. The number of nitrogens with zero attached hydrogens (tertiary/aromatic N) is 4. The highest BCUT2D eigenvalue weighted by Crippen LogP contribution is 2.16. The molecular weight excluding hydrogens is 368 g/mol. The number of amides is 1. The van der Waals surface area contributed by atoms with Crippen molar-refractivity contribution >= 4 is 12.0 Å². The fourth-order valence-electron chi connectivity index (χ4n) is 2.61. The molecule has 160 valence electrons. The van der Waals surface area contributed by atoms with Crippen LogP contribution >= 0.6 is 0 Å². The quantitative estimate of drug-likeness (QED) is 0.664. The van der Waals surface area contributed by atoms with Crippen LogP contribution < -0.4 is 9.64 Å². The normalized spacial score (nSPS) is 16.1. The van der Waals surface area contributed by atoms with E-state index < -0.39 is 5.60 Å². The number of piperazine rings is 1. The minimum atomic E-state index is -0.480. The van der Waals surface area contributed by atoms with Crippen molar-refractivity contribution in [3.8, 4) is 5.75 Å². The Morgan fingerprint density at radius 1 is 1.07 bits per heavy atom. The molecular formula is C22H34N4O3. The maximum atomic E-state index is 12.2. The van der Waals surface area contributed by atoms with Crippen molar-refractivity contribution < 1.29 is 14.3 Å². The molecule has 0 aromatic carbocycles. The molecule has 0 N–H and O–H groups in total. The molecule has 0 radical (unpaired) electrons. The average Bonchev–Trinajstić information content (AvgIpc) is 2.69. The van der Waals surface area contributed by atoms with Crippen LogP contribution in [-0.4, -0.2) is 59.3 Å². The summed E-state index contributed by atoms with van der Waals surface area (Å²) >= 11 is 0. The largest absolute Gasteiger partial charge is 0.486 e. The van der Waals surface area contributed by atoms with Gasteiger partial charge in [0.25, 0.3) is 0 Å². The van der Waals surface area contributed by atoms with E-state index in [-0.39, 0.29) is 6.09 Å². The van der Waals surface area contributed by atoms with Crippen molar-refractivity contribution in [1.82, 2.24) is 14.9 Å². The SMILES string of the molecule is CC/C(C)=C/C=C(\C)COc1cnc(N2CCN(C(=O)OC(C)(C)C)CC2)nc1. The van der Waals surface area contributed by atoms with Gasteiger partial charge in [0.1, 0.15) is 12.2 Å². The Kier molecular flexibility index (Phi) is 8.05. The van der Waals surface area contributed by atoms with Gasteiger partial charge < -0.3 is 19.3 Å². The summed E-state index contributed by atoms with van der Waals surface area (Å²) in [7, 11) is 0. The third-order valence-electron chi connectivity index (χ3n) is 4.51. The summed E-state index contributed by atoms with van der Waals surface area (Å²) in [5, 5.41) is 0. The molecule has 7 heteroatoms. The first-order valence-corrected chi connectivity index (χ1v) is 10.2. The van der Waals surface area contributed by atoms with E-state index in [2.05, 4.69) is 40.9 Å². The molecule has 0 saturated carbocycles. The molecule has 0 aliphatic carbocycles. The van der Waals surface area contributed by atoms with Crippen LogP contribution in [0.1, 0.15) is 48.0 Å². The molecule has 2 heterocycles.